The molecule has 0 spiro atoms. The first-order valence-electron chi connectivity index (χ1n) is 8.20. The molecule has 0 aromatic carbocycles. The van der Waals surface area contributed by atoms with Gasteiger partial charge >= 0.3 is 0 Å². The van der Waals surface area contributed by atoms with Crippen LogP contribution in [0.5, 0.6) is 0 Å². The molecule has 2 aliphatic rings. The zero-order chi connectivity index (χ0) is 14.1. The molecule has 0 bridgehead atoms. The molecule has 0 radical (unpaired) electrons. The van der Waals surface area contributed by atoms with E-state index in [1.807, 2.05) is 11.3 Å². The predicted molar refractivity (Wildman–Crippen MR) is 87.4 cm³/mol. The summed E-state index contributed by atoms with van der Waals surface area (Å²) in [5.41, 5.74) is 1.64. The lowest BCUT2D eigenvalue weighted by Gasteiger charge is -2.45. The van der Waals surface area contributed by atoms with Crippen LogP contribution in [0.2, 0.25) is 0 Å². The summed E-state index contributed by atoms with van der Waals surface area (Å²) in [5, 5.41) is 6.04. The van der Waals surface area contributed by atoms with Crippen molar-refractivity contribution < 1.29 is 0 Å². The number of fused-ring (bicyclic) bond motifs is 1. The standard InChI is InChI=1S/C17H28N2S/c1-12(2)9-14-11-19(13(3)10-18-14)16-5-4-6-17-15(16)7-8-20-17/h7-8,12-14,16,18H,4-6,9-11H2,1-3H3. The second-order valence-corrected chi connectivity index (χ2v) is 7.99. The molecule has 1 aliphatic heterocycles. The van der Waals surface area contributed by atoms with Crippen molar-refractivity contribution in [2.45, 2.75) is 64.6 Å². The summed E-state index contributed by atoms with van der Waals surface area (Å²) in [5.74, 6) is 0.783. The van der Waals surface area contributed by atoms with E-state index in [0.29, 0.717) is 18.1 Å². The molecule has 0 saturated carbocycles. The number of thiophene rings is 1. The fraction of sp³-hybridized carbons (Fsp3) is 0.765. The number of hydrogen-bond donors (Lipinski definition) is 1. The normalized spacial score (nSPS) is 31.5. The Hall–Kier alpha value is -0.380. The Kier molecular flexibility index (Phi) is 4.49. The summed E-state index contributed by atoms with van der Waals surface area (Å²) in [4.78, 5) is 4.43. The van der Waals surface area contributed by atoms with E-state index in [1.54, 1.807) is 10.4 Å². The highest BCUT2D eigenvalue weighted by molar-refractivity contribution is 7.10. The van der Waals surface area contributed by atoms with Gasteiger partial charge in [-0.2, -0.15) is 0 Å². The maximum Gasteiger partial charge on any atom is 0.0363 e. The van der Waals surface area contributed by atoms with Crippen molar-refractivity contribution >= 4 is 11.3 Å². The van der Waals surface area contributed by atoms with Gasteiger partial charge in [-0.1, -0.05) is 13.8 Å². The number of aryl methyl sites for hydroxylation is 1. The molecule has 3 atom stereocenters. The number of piperazine rings is 1. The van der Waals surface area contributed by atoms with Gasteiger partial charge in [0, 0.05) is 36.1 Å². The molecular weight excluding hydrogens is 264 g/mol. The van der Waals surface area contributed by atoms with Crippen molar-refractivity contribution in [1.82, 2.24) is 10.2 Å². The quantitative estimate of drug-likeness (QED) is 0.911. The van der Waals surface area contributed by atoms with E-state index in [2.05, 4.69) is 42.4 Å². The Bertz CT molecular complexity index is 440. The monoisotopic (exact) mass is 292 g/mol. The van der Waals surface area contributed by atoms with Crippen molar-refractivity contribution in [2.75, 3.05) is 13.1 Å². The number of nitrogens with zero attached hydrogens (tertiary/aromatic N) is 1. The van der Waals surface area contributed by atoms with Crippen LogP contribution in [-0.4, -0.2) is 30.1 Å². The van der Waals surface area contributed by atoms with Crippen LogP contribution in [0, 0.1) is 5.92 Å². The van der Waals surface area contributed by atoms with Crippen LogP contribution >= 0.6 is 11.3 Å². The molecule has 2 nitrogen and oxygen atoms in total. The van der Waals surface area contributed by atoms with Crippen LogP contribution in [0.1, 0.15) is 56.5 Å². The molecule has 3 rings (SSSR count). The van der Waals surface area contributed by atoms with Gasteiger partial charge in [-0.25, -0.2) is 0 Å². The molecule has 1 aromatic rings. The topological polar surface area (TPSA) is 15.3 Å². The SMILES string of the molecule is CC(C)CC1CN(C2CCCc3sccc32)C(C)CN1. The minimum Gasteiger partial charge on any atom is -0.311 e. The fourth-order valence-corrected chi connectivity index (χ4v) is 4.90. The first kappa shape index (κ1) is 14.6. The van der Waals surface area contributed by atoms with Crippen molar-refractivity contribution in [3.8, 4) is 0 Å². The first-order chi connectivity index (χ1) is 9.65. The molecule has 1 saturated heterocycles. The number of nitrogens with one attached hydrogen (secondary N) is 1. The maximum atomic E-state index is 3.75. The number of rotatable bonds is 3. The van der Waals surface area contributed by atoms with E-state index < -0.39 is 0 Å². The largest absolute Gasteiger partial charge is 0.311 e. The molecular formula is C17H28N2S. The van der Waals surface area contributed by atoms with Crippen LogP contribution in [0.3, 0.4) is 0 Å². The molecule has 3 unspecified atom stereocenters. The van der Waals surface area contributed by atoms with Crippen molar-refractivity contribution in [3.63, 3.8) is 0 Å². The van der Waals surface area contributed by atoms with Gasteiger partial charge < -0.3 is 5.32 Å². The second kappa shape index (κ2) is 6.17. The first-order valence-corrected chi connectivity index (χ1v) is 9.08. The Morgan fingerprint density at radius 2 is 2.30 bits per heavy atom. The Morgan fingerprint density at radius 1 is 1.45 bits per heavy atom. The maximum absolute atomic E-state index is 3.75. The van der Waals surface area contributed by atoms with Crippen molar-refractivity contribution in [3.05, 3.63) is 21.9 Å². The lowest BCUT2D eigenvalue weighted by molar-refractivity contribution is 0.0758. The third-order valence-corrected chi connectivity index (χ3v) is 5.87. The van der Waals surface area contributed by atoms with Gasteiger partial charge in [-0.3, -0.25) is 4.90 Å². The van der Waals surface area contributed by atoms with E-state index in [1.165, 1.54) is 32.2 Å². The summed E-state index contributed by atoms with van der Waals surface area (Å²) in [6.07, 6.45) is 5.32. The molecule has 1 N–H and O–H groups in total. The lowest BCUT2D eigenvalue weighted by Crippen LogP contribution is -2.56. The lowest BCUT2D eigenvalue weighted by atomic mass is 9.90. The van der Waals surface area contributed by atoms with Gasteiger partial charge in [0.2, 0.25) is 0 Å². The highest BCUT2D eigenvalue weighted by Crippen LogP contribution is 2.38. The highest BCUT2D eigenvalue weighted by Gasteiger charge is 2.33. The Balaban J connectivity index is 1.75. The summed E-state index contributed by atoms with van der Waals surface area (Å²) < 4.78 is 0. The zero-order valence-corrected chi connectivity index (χ0v) is 13.9. The molecule has 20 heavy (non-hydrogen) atoms. The van der Waals surface area contributed by atoms with Gasteiger partial charge in [-0.15, -0.1) is 11.3 Å². The molecule has 1 aliphatic carbocycles. The van der Waals surface area contributed by atoms with Crippen LogP contribution < -0.4 is 5.32 Å². The average Bonchev–Trinajstić information content (AvgIpc) is 2.88. The zero-order valence-electron chi connectivity index (χ0n) is 13.1. The predicted octanol–water partition coefficient (Wildman–Crippen LogP) is 3.83. The van der Waals surface area contributed by atoms with Crippen LogP contribution in [0.25, 0.3) is 0 Å². The van der Waals surface area contributed by atoms with E-state index in [9.17, 15) is 0 Å². The Morgan fingerprint density at radius 3 is 3.10 bits per heavy atom. The van der Waals surface area contributed by atoms with E-state index in [4.69, 9.17) is 0 Å². The van der Waals surface area contributed by atoms with Crippen molar-refractivity contribution in [1.29, 1.82) is 0 Å². The summed E-state index contributed by atoms with van der Waals surface area (Å²) in [7, 11) is 0. The average molecular weight is 292 g/mol. The van der Waals surface area contributed by atoms with E-state index in [0.717, 1.165) is 12.5 Å². The number of hydrogen-bond acceptors (Lipinski definition) is 3. The Labute approximate surface area is 127 Å². The molecule has 1 aromatic heterocycles. The van der Waals surface area contributed by atoms with Gasteiger partial charge in [0.25, 0.3) is 0 Å². The molecule has 2 heterocycles. The molecule has 0 amide bonds. The fourth-order valence-electron chi connectivity index (χ4n) is 3.92. The highest BCUT2D eigenvalue weighted by atomic mass is 32.1. The molecule has 112 valence electrons. The molecule has 1 fully saturated rings. The summed E-state index contributed by atoms with van der Waals surface area (Å²) in [6.45, 7) is 9.43. The van der Waals surface area contributed by atoms with Gasteiger partial charge in [0.15, 0.2) is 0 Å². The third-order valence-electron chi connectivity index (χ3n) is 4.88. The minimum atomic E-state index is 0.661. The van der Waals surface area contributed by atoms with Gasteiger partial charge in [0.05, 0.1) is 0 Å². The van der Waals surface area contributed by atoms with Crippen LogP contribution in [0.4, 0.5) is 0 Å². The molecule has 3 heteroatoms. The second-order valence-electron chi connectivity index (χ2n) is 6.99. The minimum absolute atomic E-state index is 0.661. The smallest absolute Gasteiger partial charge is 0.0363 e. The van der Waals surface area contributed by atoms with Crippen LogP contribution in [-0.2, 0) is 6.42 Å². The van der Waals surface area contributed by atoms with Crippen molar-refractivity contribution in [2.24, 2.45) is 5.92 Å². The third kappa shape index (κ3) is 2.95. The summed E-state index contributed by atoms with van der Waals surface area (Å²) in [6, 6.07) is 4.40. The van der Waals surface area contributed by atoms with E-state index >= 15 is 0 Å². The van der Waals surface area contributed by atoms with Crippen LogP contribution in [0.15, 0.2) is 11.4 Å². The summed E-state index contributed by atoms with van der Waals surface area (Å²) >= 11 is 1.96. The van der Waals surface area contributed by atoms with Gasteiger partial charge in [-0.05, 0) is 55.5 Å². The van der Waals surface area contributed by atoms with E-state index in [-0.39, 0.29) is 0 Å². The van der Waals surface area contributed by atoms with Gasteiger partial charge in [0.1, 0.15) is 0 Å².